The second-order valence-corrected chi connectivity index (χ2v) is 5.32. The molecular weight excluding hydrogens is 238 g/mol. The molecule has 2 atom stereocenters. The molecule has 1 heterocycles. The molecule has 2 rings (SSSR count). The minimum Gasteiger partial charge on any atom is -0.469 e. The minimum absolute atomic E-state index is 0.0288. The lowest BCUT2D eigenvalue weighted by Gasteiger charge is -2.29. The molecule has 0 aromatic carbocycles. The molecular formula is C16H23NO2. The van der Waals surface area contributed by atoms with Gasteiger partial charge >= 0.3 is 5.97 Å². The fraction of sp³-hybridized carbons (Fsp3) is 0.625. The van der Waals surface area contributed by atoms with Gasteiger partial charge in [0.15, 0.2) is 0 Å². The van der Waals surface area contributed by atoms with Crippen LogP contribution in [0.2, 0.25) is 0 Å². The standard InChI is InChI=1S/C16H23NO2/c1-3-4-9-14(16(18)19-2)13-10-5-7-12-8-6-11-17-15(12)13/h6,8,11,13-14H,3-5,7,9-10H2,1-2H3. The van der Waals surface area contributed by atoms with E-state index >= 15 is 0 Å². The maximum atomic E-state index is 12.1. The number of nitrogens with zero attached hydrogens (tertiary/aromatic N) is 1. The summed E-state index contributed by atoms with van der Waals surface area (Å²) in [5.74, 6) is 0.139. The number of hydrogen-bond acceptors (Lipinski definition) is 3. The molecule has 0 aliphatic heterocycles. The van der Waals surface area contributed by atoms with Gasteiger partial charge in [-0.2, -0.15) is 0 Å². The van der Waals surface area contributed by atoms with Crippen molar-refractivity contribution in [3.63, 3.8) is 0 Å². The van der Waals surface area contributed by atoms with Crippen LogP contribution < -0.4 is 0 Å². The van der Waals surface area contributed by atoms with Crippen LogP contribution in [0.1, 0.15) is 56.2 Å². The Bertz CT molecular complexity index is 431. The van der Waals surface area contributed by atoms with E-state index in [0.717, 1.165) is 44.2 Å². The zero-order chi connectivity index (χ0) is 13.7. The van der Waals surface area contributed by atoms with Crippen molar-refractivity contribution >= 4 is 5.97 Å². The van der Waals surface area contributed by atoms with Crippen LogP contribution in [0.15, 0.2) is 18.3 Å². The van der Waals surface area contributed by atoms with Crippen LogP contribution in [-0.4, -0.2) is 18.1 Å². The van der Waals surface area contributed by atoms with Crippen LogP contribution in [0.4, 0.5) is 0 Å². The Morgan fingerprint density at radius 3 is 3.16 bits per heavy atom. The predicted octanol–water partition coefficient (Wildman–Crippen LogP) is 3.48. The number of fused-ring (bicyclic) bond motifs is 1. The first-order valence-corrected chi connectivity index (χ1v) is 7.29. The molecule has 2 unspecified atom stereocenters. The van der Waals surface area contributed by atoms with Crippen molar-refractivity contribution in [1.82, 2.24) is 4.98 Å². The number of carbonyl (C=O) groups is 1. The molecule has 19 heavy (non-hydrogen) atoms. The normalized spacial score (nSPS) is 19.6. The third-order valence-corrected chi connectivity index (χ3v) is 4.10. The molecule has 1 aromatic rings. The molecule has 0 radical (unpaired) electrons. The lowest BCUT2D eigenvalue weighted by Crippen LogP contribution is -2.27. The Balaban J connectivity index is 2.24. The maximum Gasteiger partial charge on any atom is 0.309 e. The number of aryl methyl sites for hydroxylation is 1. The summed E-state index contributed by atoms with van der Waals surface area (Å²) >= 11 is 0. The number of pyridine rings is 1. The first-order chi connectivity index (χ1) is 9.27. The van der Waals surface area contributed by atoms with E-state index in [1.54, 1.807) is 0 Å². The highest BCUT2D eigenvalue weighted by atomic mass is 16.5. The number of ether oxygens (including phenoxy) is 1. The number of unbranched alkanes of at least 4 members (excludes halogenated alkanes) is 1. The summed E-state index contributed by atoms with van der Waals surface area (Å²) in [7, 11) is 1.49. The van der Waals surface area contributed by atoms with Gasteiger partial charge in [-0.25, -0.2) is 0 Å². The second-order valence-electron chi connectivity index (χ2n) is 5.32. The van der Waals surface area contributed by atoms with E-state index in [4.69, 9.17) is 4.74 Å². The third kappa shape index (κ3) is 3.14. The zero-order valence-corrected chi connectivity index (χ0v) is 11.9. The minimum atomic E-state index is -0.0723. The fourth-order valence-corrected chi connectivity index (χ4v) is 3.10. The summed E-state index contributed by atoms with van der Waals surface area (Å²) in [5, 5.41) is 0. The molecule has 1 aromatic heterocycles. The van der Waals surface area contributed by atoms with Crippen molar-refractivity contribution < 1.29 is 9.53 Å². The Morgan fingerprint density at radius 1 is 1.58 bits per heavy atom. The van der Waals surface area contributed by atoms with Gasteiger partial charge in [-0.1, -0.05) is 25.8 Å². The smallest absolute Gasteiger partial charge is 0.309 e. The van der Waals surface area contributed by atoms with Gasteiger partial charge in [0.2, 0.25) is 0 Å². The number of hydrogen-bond donors (Lipinski definition) is 0. The average Bonchev–Trinajstić information content (AvgIpc) is 2.47. The highest BCUT2D eigenvalue weighted by molar-refractivity contribution is 5.73. The molecule has 104 valence electrons. The van der Waals surface area contributed by atoms with E-state index in [-0.39, 0.29) is 17.8 Å². The number of carbonyl (C=O) groups excluding carboxylic acids is 1. The summed E-state index contributed by atoms with van der Waals surface area (Å²) in [4.78, 5) is 16.6. The Hall–Kier alpha value is -1.38. The van der Waals surface area contributed by atoms with E-state index in [9.17, 15) is 4.79 Å². The number of esters is 1. The summed E-state index contributed by atoms with van der Waals surface area (Å²) in [5.41, 5.74) is 2.43. The van der Waals surface area contributed by atoms with Gasteiger partial charge in [0.1, 0.15) is 0 Å². The molecule has 3 heteroatoms. The maximum absolute atomic E-state index is 12.1. The molecule has 0 saturated heterocycles. The highest BCUT2D eigenvalue weighted by Crippen LogP contribution is 2.38. The summed E-state index contributed by atoms with van der Waals surface area (Å²) < 4.78 is 5.01. The summed E-state index contributed by atoms with van der Waals surface area (Å²) in [6.45, 7) is 2.15. The van der Waals surface area contributed by atoms with Gasteiger partial charge in [-0.3, -0.25) is 9.78 Å². The number of aromatic nitrogens is 1. The topological polar surface area (TPSA) is 39.2 Å². The summed E-state index contributed by atoms with van der Waals surface area (Å²) in [6.07, 6.45) is 8.20. The SMILES string of the molecule is CCCCC(C(=O)OC)C1CCCc2cccnc21. The zero-order valence-electron chi connectivity index (χ0n) is 11.9. The van der Waals surface area contributed by atoms with Crippen molar-refractivity contribution in [3.8, 4) is 0 Å². The fourth-order valence-electron chi connectivity index (χ4n) is 3.10. The first-order valence-electron chi connectivity index (χ1n) is 7.29. The first kappa shape index (κ1) is 14.0. The van der Waals surface area contributed by atoms with E-state index in [1.165, 1.54) is 12.7 Å². The third-order valence-electron chi connectivity index (χ3n) is 4.10. The van der Waals surface area contributed by atoms with Gasteiger partial charge in [0.25, 0.3) is 0 Å². The van der Waals surface area contributed by atoms with E-state index in [0.29, 0.717) is 0 Å². The van der Waals surface area contributed by atoms with Gasteiger partial charge in [-0.15, -0.1) is 0 Å². The highest BCUT2D eigenvalue weighted by Gasteiger charge is 2.33. The molecule has 0 N–H and O–H groups in total. The van der Waals surface area contributed by atoms with E-state index in [1.807, 2.05) is 12.3 Å². The molecule has 1 aliphatic rings. The quantitative estimate of drug-likeness (QED) is 0.762. The van der Waals surface area contributed by atoms with E-state index in [2.05, 4.69) is 18.0 Å². The van der Waals surface area contributed by atoms with Gasteiger partial charge in [0.05, 0.1) is 13.0 Å². The van der Waals surface area contributed by atoms with Crippen LogP contribution in [0, 0.1) is 5.92 Å². The van der Waals surface area contributed by atoms with Crippen molar-refractivity contribution in [2.45, 2.75) is 51.4 Å². The predicted molar refractivity (Wildman–Crippen MR) is 74.9 cm³/mol. The van der Waals surface area contributed by atoms with Crippen LogP contribution in [0.25, 0.3) is 0 Å². The number of rotatable bonds is 5. The molecule has 0 bridgehead atoms. The lowest BCUT2D eigenvalue weighted by atomic mass is 9.76. The monoisotopic (exact) mass is 261 g/mol. The Labute approximate surface area is 115 Å². The molecule has 3 nitrogen and oxygen atoms in total. The van der Waals surface area contributed by atoms with Crippen molar-refractivity contribution in [1.29, 1.82) is 0 Å². The van der Waals surface area contributed by atoms with Crippen molar-refractivity contribution in [3.05, 3.63) is 29.6 Å². The van der Waals surface area contributed by atoms with Crippen molar-refractivity contribution in [2.24, 2.45) is 5.92 Å². The second kappa shape index (κ2) is 6.69. The average molecular weight is 261 g/mol. The Morgan fingerprint density at radius 2 is 2.42 bits per heavy atom. The largest absolute Gasteiger partial charge is 0.469 e. The van der Waals surface area contributed by atoms with Gasteiger partial charge < -0.3 is 4.74 Å². The van der Waals surface area contributed by atoms with Gasteiger partial charge in [0, 0.05) is 17.8 Å². The molecule has 0 saturated carbocycles. The summed E-state index contributed by atoms with van der Waals surface area (Å²) in [6, 6.07) is 4.13. The van der Waals surface area contributed by atoms with Crippen LogP contribution in [0.5, 0.6) is 0 Å². The van der Waals surface area contributed by atoms with Crippen molar-refractivity contribution in [2.75, 3.05) is 7.11 Å². The van der Waals surface area contributed by atoms with Gasteiger partial charge in [-0.05, 0) is 37.3 Å². The molecule has 0 fully saturated rings. The Kier molecular flexibility index (Phi) is 4.94. The number of methoxy groups -OCH3 is 1. The van der Waals surface area contributed by atoms with E-state index < -0.39 is 0 Å². The molecule has 1 aliphatic carbocycles. The molecule has 0 spiro atoms. The molecule has 0 amide bonds. The lowest BCUT2D eigenvalue weighted by molar-refractivity contribution is -0.146. The van der Waals surface area contributed by atoms with Crippen LogP contribution in [-0.2, 0) is 16.0 Å². The van der Waals surface area contributed by atoms with Crippen LogP contribution in [0.3, 0.4) is 0 Å². The van der Waals surface area contributed by atoms with Crippen LogP contribution >= 0.6 is 0 Å².